The molecule has 0 unspecified atom stereocenters. The molecule has 0 fully saturated rings. The fourth-order valence-corrected chi connectivity index (χ4v) is 1.70. The van der Waals surface area contributed by atoms with Crippen molar-refractivity contribution in [1.29, 1.82) is 5.26 Å². The lowest BCUT2D eigenvalue weighted by atomic mass is 9.86. The topological polar surface area (TPSA) is 40.9 Å². The van der Waals surface area contributed by atoms with E-state index in [1.54, 1.807) is 6.08 Å². The van der Waals surface area contributed by atoms with E-state index in [0.717, 1.165) is 5.56 Å². The number of rotatable bonds is 3. The van der Waals surface area contributed by atoms with E-state index >= 15 is 0 Å². The second-order valence-electron chi connectivity index (χ2n) is 6.07. The van der Waals surface area contributed by atoms with E-state index < -0.39 is 5.41 Å². The average Bonchev–Trinajstić information content (AvgIpc) is 2.34. The fraction of sp³-hybridized carbons (Fsp3) is 0.412. The maximum atomic E-state index is 12.1. The zero-order valence-electron chi connectivity index (χ0n) is 12.3. The first-order valence-electron chi connectivity index (χ1n) is 6.52. The zero-order valence-corrected chi connectivity index (χ0v) is 12.3. The van der Waals surface area contributed by atoms with Gasteiger partial charge in [0.2, 0.25) is 0 Å². The summed E-state index contributed by atoms with van der Waals surface area (Å²) in [6, 6.07) is 9.97. The molecule has 0 spiro atoms. The monoisotopic (exact) mass is 255 g/mol. The molecule has 2 nitrogen and oxygen atoms in total. The molecule has 0 saturated heterocycles. The second kappa shape index (κ2) is 5.84. The summed E-state index contributed by atoms with van der Waals surface area (Å²) >= 11 is 0. The van der Waals surface area contributed by atoms with Crippen LogP contribution in [0.15, 0.2) is 29.8 Å². The minimum Gasteiger partial charge on any atom is -0.293 e. The summed E-state index contributed by atoms with van der Waals surface area (Å²) in [5.74, 6) is 0.354. The molecule has 1 aromatic rings. The molecule has 0 amide bonds. The summed E-state index contributed by atoms with van der Waals surface area (Å²) in [5, 5.41) is 9.12. The number of nitriles is 1. The first-order chi connectivity index (χ1) is 8.75. The summed E-state index contributed by atoms with van der Waals surface area (Å²) < 4.78 is 0. The zero-order chi connectivity index (χ0) is 14.6. The van der Waals surface area contributed by atoms with E-state index in [4.69, 9.17) is 5.26 Å². The largest absolute Gasteiger partial charge is 0.293 e. The van der Waals surface area contributed by atoms with Crippen molar-refractivity contribution in [2.75, 3.05) is 0 Å². The summed E-state index contributed by atoms with van der Waals surface area (Å²) in [6.45, 7) is 9.73. The Hall–Kier alpha value is -1.88. The first kappa shape index (κ1) is 15.2. The standard InChI is InChI=1S/C17H21NO/c1-12(2)14-8-6-13(7-9-14)10-15(11-18)16(19)17(3,4)5/h6-10,12H,1-5H3/b15-10+. The minimum atomic E-state index is -0.528. The highest BCUT2D eigenvalue weighted by Crippen LogP contribution is 2.22. The van der Waals surface area contributed by atoms with Gasteiger partial charge >= 0.3 is 0 Å². The Labute approximate surface area is 115 Å². The molecule has 0 aromatic heterocycles. The Kier molecular flexibility index (Phi) is 4.67. The third-order valence-electron chi connectivity index (χ3n) is 2.96. The van der Waals surface area contributed by atoms with Crippen LogP contribution in [0.3, 0.4) is 0 Å². The molecule has 0 aliphatic rings. The van der Waals surface area contributed by atoms with E-state index in [1.165, 1.54) is 5.56 Å². The molecule has 0 aliphatic carbocycles. The van der Waals surface area contributed by atoms with Gasteiger partial charge in [-0.3, -0.25) is 4.79 Å². The highest BCUT2D eigenvalue weighted by Gasteiger charge is 2.24. The predicted octanol–water partition coefficient (Wildman–Crippen LogP) is 4.33. The van der Waals surface area contributed by atoms with E-state index in [0.29, 0.717) is 5.92 Å². The number of carbonyl (C=O) groups excluding carboxylic acids is 1. The molecule has 0 saturated carbocycles. The third kappa shape index (κ3) is 4.06. The van der Waals surface area contributed by atoms with Gasteiger partial charge in [-0.15, -0.1) is 0 Å². The molecule has 0 radical (unpaired) electrons. The van der Waals surface area contributed by atoms with Crippen molar-refractivity contribution in [3.63, 3.8) is 0 Å². The van der Waals surface area contributed by atoms with Gasteiger partial charge in [0.25, 0.3) is 0 Å². The van der Waals surface area contributed by atoms with Crippen molar-refractivity contribution in [2.45, 2.75) is 40.5 Å². The van der Waals surface area contributed by atoms with Crippen LogP contribution in [0.4, 0.5) is 0 Å². The number of ketones is 1. The molecule has 0 atom stereocenters. The summed E-state index contributed by atoms with van der Waals surface area (Å²) in [4.78, 5) is 12.1. The van der Waals surface area contributed by atoms with Crippen LogP contribution in [0.1, 0.15) is 51.7 Å². The van der Waals surface area contributed by atoms with Crippen LogP contribution < -0.4 is 0 Å². The number of Topliss-reactive ketones (excluding diaryl/α,β-unsaturated/α-hetero) is 1. The van der Waals surface area contributed by atoms with Gasteiger partial charge in [0.05, 0.1) is 5.57 Å². The summed E-state index contributed by atoms with van der Waals surface area (Å²) in [7, 11) is 0. The van der Waals surface area contributed by atoms with Crippen LogP contribution in [0.25, 0.3) is 6.08 Å². The van der Waals surface area contributed by atoms with Gasteiger partial charge in [0.1, 0.15) is 6.07 Å². The third-order valence-corrected chi connectivity index (χ3v) is 2.96. The smallest absolute Gasteiger partial charge is 0.178 e. The fourth-order valence-electron chi connectivity index (χ4n) is 1.70. The van der Waals surface area contributed by atoms with Crippen LogP contribution in [0.5, 0.6) is 0 Å². The quantitative estimate of drug-likeness (QED) is 0.595. The molecule has 0 bridgehead atoms. The van der Waals surface area contributed by atoms with Crippen molar-refractivity contribution in [3.8, 4) is 6.07 Å². The molecule has 2 heteroatoms. The number of benzene rings is 1. The molecular weight excluding hydrogens is 234 g/mol. The Morgan fingerprint density at radius 2 is 1.74 bits per heavy atom. The number of hydrogen-bond acceptors (Lipinski definition) is 2. The van der Waals surface area contributed by atoms with E-state index in [-0.39, 0.29) is 11.4 Å². The Bertz CT molecular complexity index is 522. The Balaban J connectivity index is 3.06. The molecule has 1 aromatic carbocycles. The van der Waals surface area contributed by atoms with E-state index in [9.17, 15) is 4.79 Å². The van der Waals surface area contributed by atoms with Gasteiger partial charge in [-0.25, -0.2) is 0 Å². The molecule has 0 aliphatic heterocycles. The lowest BCUT2D eigenvalue weighted by Gasteiger charge is -2.15. The van der Waals surface area contributed by atoms with Gasteiger partial charge in [-0.2, -0.15) is 5.26 Å². The predicted molar refractivity (Wildman–Crippen MR) is 78.6 cm³/mol. The number of carbonyl (C=O) groups is 1. The maximum absolute atomic E-state index is 12.1. The SMILES string of the molecule is CC(C)c1ccc(/C=C(\C#N)C(=O)C(C)(C)C)cc1. The molecular formula is C17H21NO. The Morgan fingerprint density at radius 3 is 2.11 bits per heavy atom. The van der Waals surface area contributed by atoms with Gasteiger partial charge in [-0.05, 0) is 23.1 Å². The van der Waals surface area contributed by atoms with Crippen LogP contribution >= 0.6 is 0 Å². The van der Waals surface area contributed by atoms with Gasteiger partial charge in [-0.1, -0.05) is 58.9 Å². The van der Waals surface area contributed by atoms with Crippen LogP contribution in [-0.2, 0) is 4.79 Å². The number of allylic oxidation sites excluding steroid dienone is 1. The normalized spacial score (nSPS) is 12.4. The van der Waals surface area contributed by atoms with Gasteiger partial charge in [0.15, 0.2) is 5.78 Å². The van der Waals surface area contributed by atoms with Gasteiger partial charge < -0.3 is 0 Å². The van der Waals surface area contributed by atoms with E-state index in [1.807, 2.05) is 51.1 Å². The van der Waals surface area contributed by atoms with Crippen molar-refractivity contribution in [3.05, 3.63) is 41.0 Å². The first-order valence-corrected chi connectivity index (χ1v) is 6.52. The maximum Gasteiger partial charge on any atom is 0.178 e. The molecule has 1 rings (SSSR count). The van der Waals surface area contributed by atoms with Crippen molar-refractivity contribution in [1.82, 2.24) is 0 Å². The minimum absolute atomic E-state index is 0.122. The molecule has 19 heavy (non-hydrogen) atoms. The average molecular weight is 255 g/mol. The molecule has 0 N–H and O–H groups in total. The number of nitrogens with zero attached hydrogens (tertiary/aromatic N) is 1. The van der Waals surface area contributed by atoms with E-state index in [2.05, 4.69) is 13.8 Å². The van der Waals surface area contributed by atoms with Crippen LogP contribution in [-0.4, -0.2) is 5.78 Å². The van der Waals surface area contributed by atoms with Gasteiger partial charge in [0, 0.05) is 5.41 Å². The van der Waals surface area contributed by atoms with Crippen LogP contribution in [0.2, 0.25) is 0 Å². The second-order valence-corrected chi connectivity index (χ2v) is 6.07. The lowest BCUT2D eigenvalue weighted by Crippen LogP contribution is -2.21. The highest BCUT2D eigenvalue weighted by atomic mass is 16.1. The van der Waals surface area contributed by atoms with Crippen molar-refractivity contribution < 1.29 is 4.79 Å². The highest BCUT2D eigenvalue weighted by molar-refractivity contribution is 6.06. The summed E-state index contributed by atoms with van der Waals surface area (Å²) in [5.41, 5.74) is 1.82. The molecule has 100 valence electrons. The number of hydrogen-bond donors (Lipinski definition) is 0. The van der Waals surface area contributed by atoms with Crippen molar-refractivity contribution in [2.24, 2.45) is 5.41 Å². The lowest BCUT2D eigenvalue weighted by molar-refractivity contribution is -0.121. The molecule has 0 heterocycles. The summed E-state index contributed by atoms with van der Waals surface area (Å²) in [6.07, 6.45) is 1.66. The van der Waals surface area contributed by atoms with Crippen molar-refractivity contribution >= 4 is 11.9 Å². The Morgan fingerprint density at radius 1 is 1.21 bits per heavy atom. The van der Waals surface area contributed by atoms with Crippen LogP contribution in [0, 0.1) is 16.7 Å².